The standard InChI is InChI=1S/C23H33N5O2/c1-3-29-19-10-11-21(30-4-2)20(15-19)27-23(24)26-17-18-9-12-22(25-16-18)28-13-7-5-6-8-14-28/h9-12,15-16H,3-8,13-14,17H2,1-2H3,(H3,24,26,27). The molecule has 3 N–H and O–H groups in total. The maximum Gasteiger partial charge on any atom is 0.193 e. The molecule has 3 rings (SSSR count). The predicted octanol–water partition coefficient (Wildman–Crippen LogP) is 4.19. The molecule has 0 saturated carbocycles. The number of nitrogens with zero attached hydrogens (tertiary/aromatic N) is 3. The van der Waals surface area contributed by atoms with Crippen molar-refractivity contribution in [3.05, 3.63) is 42.1 Å². The van der Waals surface area contributed by atoms with Gasteiger partial charge in [-0.15, -0.1) is 0 Å². The number of aliphatic imine (C=N–C) groups is 1. The Bertz CT molecular complexity index is 815. The Balaban J connectivity index is 1.62. The van der Waals surface area contributed by atoms with Gasteiger partial charge in [-0.1, -0.05) is 18.9 Å². The van der Waals surface area contributed by atoms with Gasteiger partial charge in [0.15, 0.2) is 5.96 Å². The number of pyridine rings is 1. The zero-order valence-electron chi connectivity index (χ0n) is 18.1. The molecule has 2 aromatic rings. The number of ether oxygens (including phenoxy) is 2. The van der Waals surface area contributed by atoms with E-state index in [1.807, 2.05) is 38.2 Å². The molecule has 0 atom stereocenters. The van der Waals surface area contributed by atoms with Crippen molar-refractivity contribution in [1.29, 1.82) is 0 Å². The molecule has 7 heteroatoms. The first-order valence-corrected chi connectivity index (χ1v) is 10.9. The van der Waals surface area contributed by atoms with E-state index in [0.717, 1.165) is 35.9 Å². The topological polar surface area (TPSA) is 85.0 Å². The van der Waals surface area contributed by atoms with Gasteiger partial charge in [-0.25, -0.2) is 9.98 Å². The molecule has 7 nitrogen and oxygen atoms in total. The lowest BCUT2D eigenvalue weighted by Gasteiger charge is -2.21. The van der Waals surface area contributed by atoms with Gasteiger partial charge in [0.05, 0.1) is 25.4 Å². The monoisotopic (exact) mass is 411 g/mol. The van der Waals surface area contributed by atoms with Crippen molar-refractivity contribution in [2.24, 2.45) is 10.7 Å². The summed E-state index contributed by atoms with van der Waals surface area (Å²) in [4.78, 5) is 11.5. The molecule has 1 aliphatic rings. The van der Waals surface area contributed by atoms with Crippen LogP contribution >= 0.6 is 0 Å². The van der Waals surface area contributed by atoms with Gasteiger partial charge in [0, 0.05) is 25.4 Å². The second kappa shape index (κ2) is 11.3. The molecule has 0 unspecified atom stereocenters. The third-order valence-corrected chi connectivity index (χ3v) is 5.00. The van der Waals surface area contributed by atoms with Gasteiger partial charge in [-0.2, -0.15) is 0 Å². The second-order valence-corrected chi connectivity index (χ2v) is 7.28. The van der Waals surface area contributed by atoms with E-state index in [2.05, 4.69) is 32.3 Å². The lowest BCUT2D eigenvalue weighted by Crippen LogP contribution is -2.24. The molecule has 30 heavy (non-hydrogen) atoms. The Hall–Kier alpha value is -2.96. The van der Waals surface area contributed by atoms with Gasteiger partial charge in [-0.3, -0.25) is 0 Å². The fraction of sp³-hybridized carbons (Fsp3) is 0.478. The van der Waals surface area contributed by atoms with E-state index < -0.39 is 0 Å². The Labute approximate surface area is 179 Å². The highest BCUT2D eigenvalue weighted by molar-refractivity contribution is 5.94. The van der Waals surface area contributed by atoms with Crippen molar-refractivity contribution in [3.63, 3.8) is 0 Å². The highest BCUT2D eigenvalue weighted by atomic mass is 16.5. The SMILES string of the molecule is CCOc1ccc(OCC)c(NC(N)=NCc2ccc(N3CCCCCC3)nc2)c1. The fourth-order valence-electron chi connectivity index (χ4n) is 3.50. The lowest BCUT2D eigenvalue weighted by molar-refractivity contribution is 0.332. The Kier molecular flexibility index (Phi) is 8.18. The van der Waals surface area contributed by atoms with E-state index >= 15 is 0 Å². The van der Waals surface area contributed by atoms with E-state index in [-0.39, 0.29) is 0 Å². The van der Waals surface area contributed by atoms with Crippen LogP contribution in [-0.4, -0.2) is 37.2 Å². The highest BCUT2D eigenvalue weighted by Gasteiger charge is 2.11. The minimum absolute atomic E-state index is 0.321. The summed E-state index contributed by atoms with van der Waals surface area (Å²) in [6.45, 7) is 7.69. The van der Waals surface area contributed by atoms with E-state index in [0.29, 0.717) is 31.5 Å². The van der Waals surface area contributed by atoms with Crippen molar-refractivity contribution in [2.45, 2.75) is 46.1 Å². The maximum atomic E-state index is 6.12. The van der Waals surface area contributed by atoms with Crippen LogP contribution in [0, 0.1) is 0 Å². The van der Waals surface area contributed by atoms with Crippen molar-refractivity contribution < 1.29 is 9.47 Å². The Morgan fingerprint density at radius 3 is 2.50 bits per heavy atom. The first-order valence-electron chi connectivity index (χ1n) is 10.9. The minimum Gasteiger partial charge on any atom is -0.494 e. The average Bonchev–Trinajstić information content (AvgIpc) is 3.04. The quantitative estimate of drug-likeness (QED) is 0.501. The normalized spacial score (nSPS) is 14.9. The number of guanidine groups is 1. The largest absolute Gasteiger partial charge is 0.494 e. The molecule has 0 aliphatic carbocycles. The van der Waals surface area contributed by atoms with Crippen LogP contribution in [-0.2, 0) is 6.54 Å². The molecule has 2 heterocycles. The van der Waals surface area contributed by atoms with Gasteiger partial charge in [-0.05, 0) is 50.5 Å². The van der Waals surface area contributed by atoms with E-state index in [4.69, 9.17) is 15.2 Å². The van der Waals surface area contributed by atoms with Crippen LogP contribution in [0.1, 0.15) is 45.1 Å². The van der Waals surface area contributed by atoms with Gasteiger partial charge in [0.1, 0.15) is 17.3 Å². The molecule has 0 radical (unpaired) electrons. The van der Waals surface area contributed by atoms with Gasteiger partial charge >= 0.3 is 0 Å². The van der Waals surface area contributed by atoms with E-state index in [1.165, 1.54) is 25.7 Å². The molecular formula is C23H33N5O2. The van der Waals surface area contributed by atoms with E-state index in [9.17, 15) is 0 Å². The molecule has 1 fully saturated rings. The van der Waals surface area contributed by atoms with Crippen LogP contribution in [0.25, 0.3) is 0 Å². The molecular weight excluding hydrogens is 378 g/mol. The minimum atomic E-state index is 0.321. The summed E-state index contributed by atoms with van der Waals surface area (Å²) < 4.78 is 11.2. The number of hydrogen-bond acceptors (Lipinski definition) is 5. The first-order chi connectivity index (χ1) is 14.7. The predicted molar refractivity (Wildman–Crippen MR) is 123 cm³/mol. The number of nitrogens with two attached hydrogens (primary N) is 1. The molecule has 1 aromatic carbocycles. The first kappa shape index (κ1) is 21.7. The maximum absolute atomic E-state index is 6.12. The fourth-order valence-corrected chi connectivity index (χ4v) is 3.50. The summed E-state index contributed by atoms with van der Waals surface area (Å²) in [5, 5.41) is 3.13. The summed E-state index contributed by atoms with van der Waals surface area (Å²) >= 11 is 0. The summed E-state index contributed by atoms with van der Waals surface area (Å²) in [6.07, 6.45) is 6.99. The van der Waals surface area contributed by atoms with Crippen molar-refractivity contribution in [2.75, 3.05) is 36.5 Å². The van der Waals surface area contributed by atoms with Crippen molar-refractivity contribution in [1.82, 2.24) is 4.98 Å². The number of anilines is 2. The lowest BCUT2D eigenvalue weighted by atomic mass is 10.2. The van der Waals surface area contributed by atoms with Gasteiger partial charge < -0.3 is 25.4 Å². The smallest absolute Gasteiger partial charge is 0.193 e. The number of hydrogen-bond donors (Lipinski definition) is 2. The number of nitrogens with one attached hydrogen (secondary N) is 1. The molecule has 162 valence electrons. The molecule has 1 aromatic heterocycles. The van der Waals surface area contributed by atoms with E-state index in [1.54, 1.807) is 0 Å². The number of benzene rings is 1. The third kappa shape index (κ3) is 6.27. The second-order valence-electron chi connectivity index (χ2n) is 7.28. The van der Waals surface area contributed by atoms with Crippen LogP contribution < -0.4 is 25.4 Å². The van der Waals surface area contributed by atoms with Crippen LogP contribution in [0.15, 0.2) is 41.5 Å². The molecule has 0 spiro atoms. The summed E-state index contributed by atoms with van der Waals surface area (Å²) in [5.74, 6) is 2.83. The van der Waals surface area contributed by atoms with Gasteiger partial charge in [0.25, 0.3) is 0 Å². The van der Waals surface area contributed by atoms with Crippen molar-refractivity contribution in [3.8, 4) is 11.5 Å². The molecule has 0 bridgehead atoms. The molecule has 0 amide bonds. The van der Waals surface area contributed by atoms with Crippen LogP contribution in [0.2, 0.25) is 0 Å². The zero-order valence-corrected chi connectivity index (χ0v) is 18.1. The Morgan fingerprint density at radius 1 is 1.07 bits per heavy atom. The Morgan fingerprint density at radius 2 is 1.83 bits per heavy atom. The summed E-state index contributed by atoms with van der Waals surface area (Å²) in [6, 6.07) is 9.78. The van der Waals surface area contributed by atoms with Crippen LogP contribution in [0.3, 0.4) is 0 Å². The van der Waals surface area contributed by atoms with Crippen LogP contribution in [0.4, 0.5) is 11.5 Å². The number of aromatic nitrogens is 1. The summed E-state index contributed by atoms with van der Waals surface area (Å²) in [5.41, 5.74) is 7.88. The number of rotatable bonds is 8. The van der Waals surface area contributed by atoms with Crippen molar-refractivity contribution >= 4 is 17.5 Å². The van der Waals surface area contributed by atoms with Gasteiger partial charge in [0.2, 0.25) is 0 Å². The van der Waals surface area contributed by atoms with Crippen LogP contribution in [0.5, 0.6) is 11.5 Å². The zero-order chi connectivity index (χ0) is 21.2. The average molecular weight is 412 g/mol. The third-order valence-electron chi connectivity index (χ3n) is 5.00. The molecule has 1 aliphatic heterocycles. The summed E-state index contributed by atoms with van der Waals surface area (Å²) in [7, 11) is 0. The highest BCUT2D eigenvalue weighted by Crippen LogP contribution is 2.29. The molecule has 1 saturated heterocycles.